The van der Waals surface area contributed by atoms with E-state index in [0.29, 0.717) is 36.9 Å². The van der Waals surface area contributed by atoms with E-state index >= 15 is 0 Å². The number of nitrogens with one attached hydrogen (secondary N) is 1. The number of ether oxygens (including phenoxy) is 2. The Kier molecular flexibility index (Phi) is 4.78. The summed E-state index contributed by atoms with van der Waals surface area (Å²) in [4.78, 5) is 26.7. The summed E-state index contributed by atoms with van der Waals surface area (Å²) in [6.07, 6.45) is 0.188. The van der Waals surface area contributed by atoms with Crippen LogP contribution < -0.4 is 19.7 Å². The number of amides is 2. The number of halogens is 1. The van der Waals surface area contributed by atoms with Gasteiger partial charge in [-0.2, -0.15) is 0 Å². The zero-order valence-electron chi connectivity index (χ0n) is 14.8. The molecule has 4 rings (SSSR count). The third-order valence-electron chi connectivity index (χ3n) is 4.77. The van der Waals surface area contributed by atoms with E-state index in [0.717, 1.165) is 15.7 Å². The minimum atomic E-state index is -0.397. The van der Waals surface area contributed by atoms with Gasteiger partial charge in [-0.15, -0.1) is 0 Å². The summed E-state index contributed by atoms with van der Waals surface area (Å²) in [5, 5.41) is 2.90. The summed E-state index contributed by atoms with van der Waals surface area (Å²) < 4.78 is 12.0. The van der Waals surface area contributed by atoms with Crippen LogP contribution in [-0.2, 0) is 9.59 Å². The van der Waals surface area contributed by atoms with Crippen LogP contribution in [0.2, 0.25) is 0 Å². The lowest BCUT2D eigenvalue weighted by atomic mass is 10.1. The lowest BCUT2D eigenvalue weighted by Gasteiger charge is -2.22. The molecule has 0 aliphatic carbocycles. The highest BCUT2D eigenvalue weighted by molar-refractivity contribution is 9.10. The molecule has 2 heterocycles. The van der Waals surface area contributed by atoms with E-state index < -0.39 is 5.92 Å². The largest absolute Gasteiger partial charge is 0.486 e. The topological polar surface area (TPSA) is 67.9 Å². The van der Waals surface area contributed by atoms with Crippen LogP contribution in [0.5, 0.6) is 11.5 Å². The first-order valence-corrected chi connectivity index (χ1v) is 9.57. The lowest BCUT2D eigenvalue weighted by molar-refractivity contribution is -0.122. The zero-order valence-corrected chi connectivity index (χ0v) is 16.4. The average molecular weight is 431 g/mol. The Morgan fingerprint density at radius 1 is 1.15 bits per heavy atom. The molecule has 0 bridgehead atoms. The molecule has 1 N–H and O–H groups in total. The van der Waals surface area contributed by atoms with Crippen molar-refractivity contribution in [3.8, 4) is 11.5 Å². The SMILES string of the molecule is Cc1ccc(NC(=O)C2CC(=O)N(c3ccc4c(c3)OCCO4)C2)cc1Br. The first kappa shape index (κ1) is 17.9. The second-order valence-electron chi connectivity index (χ2n) is 6.69. The van der Waals surface area contributed by atoms with Gasteiger partial charge in [0.2, 0.25) is 11.8 Å². The standard InChI is InChI=1S/C20H19BrN2O4/c1-12-2-3-14(9-16(12)21)22-20(25)13-8-19(24)23(11-13)15-4-5-17-18(10-15)27-7-6-26-17/h2-5,9-10,13H,6-8,11H2,1H3,(H,22,25). The molecule has 140 valence electrons. The van der Waals surface area contributed by atoms with Crippen LogP contribution in [0.4, 0.5) is 11.4 Å². The summed E-state index contributed by atoms with van der Waals surface area (Å²) in [7, 11) is 0. The number of nitrogens with zero attached hydrogens (tertiary/aromatic N) is 1. The van der Waals surface area contributed by atoms with Crippen molar-refractivity contribution in [1.29, 1.82) is 0 Å². The maximum atomic E-state index is 12.6. The molecule has 1 fully saturated rings. The molecule has 2 aliphatic rings. The number of carbonyl (C=O) groups excluding carboxylic acids is 2. The summed E-state index contributed by atoms with van der Waals surface area (Å²) in [5.41, 5.74) is 2.52. The fourth-order valence-corrected chi connectivity index (χ4v) is 3.63. The highest BCUT2D eigenvalue weighted by Gasteiger charge is 2.35. The molecule has 1 saturated heterocycles. The van der Waals surface area contributed by atoms with E-state index in [2.05, 4.69) is 21.2 Å². The second-order valence-corrected chi connectivity index (χ2v) is 7.54. The Morgan fingerprint density at radius 3 is 2.70 bits per heavy atom. The van der Waals surface area contributed by atoms with Crippen molar-refractivity contribution in [2.75, 3.05) is 30.0 Å². The van der Waals surface area contributed by atoms with E-state index in [-0.39, 0.29) is 18.2 Å². The average Bonchev–Trinajstić information content (AvgIpc) is 3.06. The van der Waals surface area contributed by atoms with Gasteiger partial charge in [-0.25, -0.2) is 0 Å². The number of carbonyl (C=O) groups is 2. The monoisotopic (exact) mass is 430 g/mol. The zero-order chi connectivity index (χ0) is 19.0. The lowest BCUT2D eigenvalue weighted by Crippen LogP contribution is -2.28. The summed E-state index contributed by atoms with van der Waals surface area (Å²) in [6.45, 7) is 3.34. The van der Waals surface area contributed by atoms with Gasteiger partial charge in [0.1, 0.15) is 13.2 Å². The number of fused-ring (bicyclic) bond motifs is 1. The Bertz CT molecular complexity index is 915. The third kappa shape index (κ3) is 3.64. The molecule has 2 amide bonds. The highest BCUT2D eigenvalue weighted by Crippen LogP contribution is 2.36. The van der Waals surface area contributed by atoms with Gasteiger partial charge in [-0.1, -0.05) is 22.0 Å². The molecule has 0 radical (unpaired) electrons. The quantitative estimate of drug-likeness (QED) is 0.808. The maximum Gasteiger partial charge on any atom is 0.229 e. The Labute approximate surface area is 165 Å². The van der Waals surface area contributed by atoms with Crippen molar-refractivity contribution in [3.05, 3.63) is 46.4 Å². The van der Waals surface area contributed by atoms with Gasteiger partial charge >= 0.3 is 0 Å². The number of benzene rings is 2. The minimum absolute atomic E-state index is 0.0723. The van der Waals surface area contributed by atoms with Gasteiger partial charge in [-0.05, 0) is 36.8 Å². The molecule has 6 nitrogen and oxygen atoms in total. The van der Waals surface area contributed by atoms with Gasteiger partial charge < -0.3 is 19.7 Å². The van der Waals surface area contributed by atoms with Crippen LogP contribution in [0.25, 0.3) is 0 Å². The van der Waals surface area contributed by atoms with Crippen LogP contribution in [0.3, 0.4) is 0 Å². The number of anilines is 2. The molecule has 27 heavy (non-hydrogen) atoms. The van der Waals surface area contributed by atoms with Crippen molar-refractivity contribution >= 4 is 39.1 Å². The van der Waals surface area contributed by atoms with E-state index in [9.17, 15) is 9.59 Å². The number of aryl methyl sites for hydroxylation is 1. The van der Waals surface area contributed by atoms with E-state index in [1.807, 2.05) is 31.2 Å². The predicted molar refractivity (Wildman–Crippen MR) is 105 cm³/mol. The highest BCUT2D eigenvalue weighted by atomic mass is 79.9. The first-order chi connectivity index (χ1) is 13.0. The fourth-order valence-electron chi connectivity index (χ4n) is 3.25. The molecular formula is C20H19BrN2O4. The van der Waals surface area contributed by atoms with Gasteiger partial charge in [0.15, 0.2) is 11.5 Å². The van der Waals surface area contributed by atoms with Gasteiger partial charge in [0, 0.05) is 34.9 Å². The summed E-state index contributed by atoms with van der Waals surface area (Å²) in [6, 6.07) is 11.1. The Morgan fingerprint density at radius 2 is 1.93 bits per heavy atom. The van der Waals surface area contributed by atoms with Crippen molar-refractivity contribution in [3.63, 3.8) is 0 Å². The van der Waals surface area contributed by atoms with Crippen molar-refractivity contribution in [2.45, 2.75) is 13.3 Å². The smallest absolute Gasteiger partial charge is 0.229 e. The van der Waals surface area contributed by atoms with Crippen LogP contribution >= 0.6 is 15.9 Å². The van der Waals surface area contributed by atoms with Crippen LogP contribution in [0.1, 0.15) is 12.0 Å². The van der Waals surface area contributed by atoms with Gasteiger partial charge in [0.05, 0.1) is 5.92 Å². The molecule has 0 spiro atoms. The summed E-state index contributed by atoms with van der Waals surface area (Å²) in [5.74, 6) is 0.682. The minimum Gasteiger partial charge on any atom is -0.486 e. The van der Waals surface area contributed by atoms with Crippen molar-refractivity contribution < 1.29 is 19.1 Å². The molecule has 2 aliphatic heterocycles. The normalized spacial score (nSPS) is 18.5. The predicted octanol–water partition coefficient (Wildman–Crippen LogP) is 3.52. The van der Waals surface area contributed by atoms with E-state index in [1.165, 1.54) is 0 Å². The molecule has 2 aromatic carbocycles. The van der Waals surface area contributed by atoms with Gasteiger partial charge in [-0.3, -0.25) is 9.59 Å². The Balaban J connectivity index is 1.47. The summed E-state index contributed by atoms with van der Waals surface area (Å²) >= 11 is 3.46. The first-order valence-electron chi connectivity index (χ1n) is 8.78. The van der Waals surface area contributed by atoms with Gasteiger partial charge in [0.25, 0.3) is 0 Å². The molecule has 7 heteroatoms. The molecule has 1 atom stereocenters. The Hall–Kier alpha value is -2.54. The number of hydrogen-bond donors (Lipinski definition) is 1. The molecular weight excluding hydrogens is 412 g/mol. The fraction of sp³-hybridized carbons (Fsp3) is 0.300. The van der Waals surface area contributed by atoms with Crippen LogP contribution in [-0.4, -0.2) is 31.6 Å². The maximum absolute atomic E-state index is 12.6. The second kappa shape index (κ2) is 7.23. The number of rotatable bonds is 3. The van der Waals surface area contributed by atoms with Crippen LogP contribution in [0.15, 0.2) is 40.9 Å². The molecule has 2 aromatic rings. The van der Waals surface area contributed by atoms with E-state index in [4.69, 9.17) is 9.47 Å². The number of hydrogen-bond acceptors (Lipinski definition) is 4. The molecule has 0 aromatic heterocycles. The van der Waals surface area contributed by atoms with Crippen LogP contribution in [0, 0.1) is 12.8 Å². The van der Waals surface area contributed by atoms with Crippen molar-refractivity contribution in [1.82, 2.24) is 0 Å². The third-order valence-corrected chi connectivity index (χ3v) is 5.63. The van der Waals surface area contributed by atoms with Crippen molar-refractivity contribution in [2.24, 2.45) is 5.92 Å². The molecule has 1 unspecified atom stereocenters. The van der Waals surface area contributed by atoms with E-state index in [1.54, 1.807) is 17.0 Å². The molecule has 0 saturated carbocycles.